The molecule has 2 N–H and O–H groups in total. The average Bonchev–Trinajstić information content (AvgIpc) is 2.61. The van der Waals surface area contributed by atoms with E-state index in [0.717, 1.165) is 31.1 Å². The fraction of sp³-hybridized carbons (Fsp3) is 0.556. The van der Waals surface area contributed by atoms with Crippen molar-refractivity contribution < 1.29 is 4.79 Å². The van der Waals surface area contributed by atoms with E-state index in [1.807, 2.05) is 17.8 Å². The molecule has 0 spiro atoms. The van der Waals surface area contributed by atoms with Crippen molar-refractivity contribution in [1.29, 1.82) is 0 Å². The largest absolute Gasteiger partial charge is 0.356 e. The fourth-order valence-electron chi connectivity index (χ4n) is 2.46. The Morgan fingerprint density at radius 2 is 2.08 bits per heavy atom. The van der Waals surface area contributed by atoms with Gasteiger partial charge in [-0.05, 0) is 30.6 Å². The molecule has 5 nitrogen and oxygen atoms in total. The number of thioether (sulfide) groups is 1. The fourth-order valence-corrected chi connectivity index (χ4v) is 3.53. The van der Waals surface area contributed by atoms with Crippen LogP contribution in [0.15, 0.2) is 35.3 Å². The van der Waals surface area contributed by atoms with Gasteiger partial charge in [0, 0.05) is 32.4 Å². The Morgan fingerprint density at radius 3 is 2.72 bits per heavy atom. The number of likely N-dealkylation sites (N-methyl/N-ethyl adjacent to an activating group) is 1. The van der Waals surface area contributed by atoms with Gasteiger partial charge in [0.25, 0.3) is 0 Å². The number of carbonyl (C=O) groups excluding carboxylic acids is 1. The molecule has 1 amide bonds. The molecule has 1 aromatic carbocycles. The molecular weight excluding hydrogens is 447 g/mol. The van der Waals surface area contributed by atoms with Gasteiger partial charge in [0.05, 0.1) is 0 Å². The molecule has 140 valence electrons. The van der Waals surface area contributed by atoms with Crippen molar-refractivity contribution in [1.82, 2.24) is 15.5 Å². The van der Waals surface area contributed by atoms with E-state index in [0.29, 0.717) is 6.04 Å². The van der Waals surface area contributed by atoms with Gasteiger partial charge in [-0.15, -0.1) is 24.0 Å². The summed E-state index contributed by atoms with van der Waals surface area (Å²) in [5, 5.41) is 6.85. The minimum atomic E-state index is 0. The number of halogens is 1. The first kappa shape index (κ1) is 22.1. The zero-order chi connectivity index (χ0) is 17.2. The van der Waals surface area contributed by atoms with Crippen molar-refractivity contribution in [2.75, 3.05) is 38.7 Å². The van der Waals surface area contributed by atoms with Gasteiger partial charge in [-0.3, -0.25) is 4.79 Å². The van der Waals surface area contributed by atoms with E-state index in [4.69, 9.17) is 0 Å². The van der Waals surface area contributed by atoms with Crippen LogP contribution in [-0.2, 0) is 11.2 Å². The summed E-state index contributed by atoms with van der Waals surface area (Å²) < 4.78 is 0. The van der Waals surface area contributed by atoms with Crippen LogP contribution in [0.25, 0.3) is 0 Å². The van der Waals surface area contributed by atoms with E-state index in [-0.39, 0.29) is 36.4 Å². The number of nitrogens with one attached hydrogen (secondary N) is 2. The Balaban J connectivity index is 0.00000312. The second kappa shape index (κ2) is 12.4. The molecule has 0 saturated carbocycles. The Morgan fingerprint density at radius 1 is 1.32 bits per heavy atom. The highest BCUT2D eigenvalue weighted by Gasteiger charge is 2.15. The van der Waals surface area contributed by atoms with Crippen molar-refractivity contribution >= 4 is 47.6 Å². The Bertz CT molecular complexity index is 533. The number of hydrogen-bond acceptors (Lipinski definition) is 3. The molecule has 2 rings (SSSR count). The van der Waals surface area contributed by atoms with E-state index in [1.54, 1.807) is 19.0 Å². The van der Waals surface area contributed by atoms with Crippen LogP contribution in [0.4, 0.5) is 0 Å². The molecule has 0 radical (unpaired) electrons. The first-order valence-electron chi connectivity index (χ1n) is 8.52. The maximum Gasteiger partial charge on any atom is 0.243 e. The van der Waals surface area contributed by atoms with Gasteiger partial charge < -0.3 is 15.5 Å². The molecule has 0 bridgehead atoms. The lowest BCUT2D eigenvalue weighted by molar-refractivity contribution is -0.127. The zero-order valence-electron chi connectivity index (χ0n) is 15.0. The predicted molar refractivity (Wildman–Crippen MR) is 118 cm³/mol. The Kier molecular flexibility index (Phi) is 11.0. The molecular formula is C18H29IN4OS. The smallest absolute Gasteiger partial charge is 0.243 e. The summed E-state index contributed by atoms with van der Waals surface area (Å²) in [6.07, 6.45) is 3.33. The number of aliphatic imine (C=N–C) groups is 1. The SMILES string of the molecule is CN(C)C(=O)CN=C(NCCc1ccccc1)NC1CCCSC1.I. The quantitative estimate of drug-likeness (QED) is 0.376. The normalized spacial score (nSPS) is 17.4. The van der Waals surface area contributed by atoms with Crippen molar-refractivity contribution in [3.63, 3.8) is 0 Å². The summed E-state index contributed by atoms with van der Waals surface area (Å²) in [4.78, 5) is 17.8. The summed E-state index contributed by atoms with van der Waals surface area (Å²) in [5.41, 5.74) is 1.29. The molecule has 1 aliphatic heterocycles. The molecule has 1 heterocycles. The number of amides is 1. The maximum atomic E-state index is 11.8. The molecule has 1 fully saturated rings. The number of hydrogen-bond donors (Lipinski definition) is 2. The lowest BCUT2D eigenvalue weighted by Gasteiger charge is -2.25. The Labute approximate surface area is 172 Å². The van der Waals surface area contributed by atoms with Crippen LogP contribution in [0.1, 0.15) is 18.4 Å². The molecule has 0 aromatic heterocycles. The molecule has 1 unspecified atom stereocenters. The van der Waals surface area contributed by atoms with Crippen molar-refractivity contribution in [2.24, 2.45) is 4.99 Å². The third-order valence-electron chi connectivity index (χ3n) is 3.92. The minimum absolute atomic E-state index is 0. The van der Waals surface area contributed by atoms with Gasteiger partial charge in [-0.2, -0.15) is 11.8 Å². The topological polar surface area (TPSA) is 56.7 Å². The van der Waals surface area contributed by atoms with Gasteiger partial charge in [0.15, 0.2) is 5.96 Å². The van der Waals surface area contributed by atoms with Gasteiger partial charge in [0.2, 0.25) is 5.91 Å². The molecule has 0 aliphatic carbocycles. The van der Waals surface area contributed by atoms with Crippen LogP contribution in [0.2, 0.25) is 0 Å². The summed E-state index contributed by atoms with van der Waals surface area (Å²) in [5.74, 6) is 3.09. The summed E-state index contributed by atoms with van der Waals surface area (Å²) >= 11 is 1.97. The van der Waals surface area contributed by atoms with Gasteiger partial charge in [-0.1, -0.05) is 30.3 Å². The molecule has 1 aromatic rings. The molecule has 1 saturated heterocycles. The Hall–Kier alpha value is -0.960. The number of carbonyl (C=O) groups is 1. The second-order valence-electron chi connectivity index (χ2n) is 6.17. The van der Waals surface area contributed by atoms with Gasteiger partial charge >= 0.3 is 0 Å². The molecule has 25 heavy (non-hydrogen) atoms. The first-order chi connectivity index (χ1) is 11.6. The van der Waals surface area contributed by atoms with Crippen molar-refractivity contribution in [2.45, 2.75) is 25.3 Å². The molecule has 1 atom stereocenters. The number of benzene rings is 1. The lowest BCUT2D eigenvalue weighted by atomic mass is 10.1. The van der Waals surface area contributed by atoms with Crippen LogP contribution in [0.5, 0.6) is 0 Å². The third kappa shape index (κ3) is 8.80. The van der Waals surface area contributed by atoms with Crippen LogP contribution in [0, 0.1) is 0 Å². The van der Waals surface area contributed by atoms with E-state index < -0.39 is 0 Å². The van der Waals surface area contributed by atoms with Crippen molar-refractivity contribution in [3.05, 3.63) is 35.9 Å². The highest BCUT2D eigenvalue weighted by atomic mass is 127. The maximum absolute atomic E-state index is 11.8. The summed E-state index contributed by atoms with van der Waals surface area (Å²) in [6, 6.07) is 10.8. The van der Waals surface area contributed by atoms with E-state index in [9.17, 15) is 4.79 Å². The highest BCUT2D eigenvalue weighted by molar-refractivity contribution is 14.0. The van der Waals surface area contributed by atoms with E-state index >= 15 is 0 Å². The monoisotopic (exact) mass is 476 g/mol. The van der Waals surface area contributed by atoms with Crippen LogP contribution < -0.4 is 10.6 Å². The van der Waals surface area contributed by atoms with E-state index in [1.165, 1.54) is 17.7 Å². The zero-order valence-corrected chi connectivity index (χ0v) is 18.2. The third-order valence-corrected chi connectivity index (χ3v) is 5.14. The standard InChI is InChI=1S/C18H28N4OS.HI/c1-22(2)17(23)13-20-18(21-16-9-6-12-24-14-16)19-11-10-15-7-4-3-5-8-15;/h3-5,7-8,16H,6,9-14H2,1-2H3,(H2,19,20,21);1H. The lowest BCUT2D eigenvalue weighted by Crippen LogP contribution is -2.46. The van der Waals surface area contributed by atoms with Crippen molar-refractivity contribution in [3.8, 4) is 0 Å². The number of rotatable bonds is 6. The average molecular weight is 476 g/mol. The summed E-state index contributed by atoms with van der Waals surface area (Å²) in [6.45, 7) is 0.972. The van der Waals surface area contributed by atoms with E-state index in [2.05, 4.69) is 39.9 Å². The second-order valence-corrected chi connectivity index (χ2v) is 7.32. The predicted octanol–water partition coefficient (Wildman–Crippen LogP) is 2.37. The molecule has 7 heteroatoms. The van der Waals surface area contributed by atoms with Gasteiger partial charge in [-0.25, -0.2) is 4.99 Å². The number of guanidine groups is 1. The highest BCUT2D eigenvalue weighted by Crippen LogP contribution is 2.16. The van der Waals surface area contributed by atoms with Gasteiger partial charge in [0.1, 0.15) is 6.54 Å². The van der Waals surface area contributed by atoms with Crippen LogP contribution in [-0.4, -0.2) is 61.5 Å². The number of nitrogens with zero attached hydrogens (tertiary/aromatic N) is 2. The van der Waals surface area contributed by atoms with Crippen LogP contribution >= 0.6 is 35.7 Å². The summed E-state index contributed by atoms with van der Waals surface area (Å²) in [7, 11) is 3.51. The minimum Gasteiger partial charge on any atom is -0.356 e. The first-order valence-corrected chi connectivity index (χ1v) is 9.67. The molecule has 1 aliphatic rings. The van der Waals surface area contributed by atoms with Crippen LogP contribution in [0.3, 0.4) is 0 Å².